The Hall–Kier alpha value is -7.26. The van der Waals surface area contributed by atoms with Crippen molar-refractivity contribution >= 4 is 43.7 Å². The summed E-state index contributed by atoms with van der Waals surface area (Å²) in [6.07, 6.45) is -53.2. The molecule has 28 heteroatoms. The topological polar surface area (TPSA) is 34.1 Å². The van der Waals surface area contributed by atoms with Crippen LogP contribution in [0.3, 0.4) is 0 Å². The third-order valence-corrected chi connectivity index (χ3v) is 14.5. The SMILES string of the molecule is C[S+](=O)(CC(=O)c1ccc(-c2ccccc2)cc1)c1ccccc1.FC(F)(F)c1cc([B-](c2cc(C(F)(F)F)cc(C(F)(F)F)c2)(c2cc(C(F)(F)F)cc(C(F)(F)F)c2)c2cc(C(F)(F)F)cc(C(F)(F)F)c2)cc(C(F)(F)F)c1. The van der Waals surface area contributed by atoms with Crippen LogP contribution < -0.4 is 21.9 Å². The number of hydrogen-bond donors (Lipinski definition) is 0. The molecule has 0 spiro atoms. The molecule has 0 radical (unpaired) electrons. The maximum atomic E-state index is 14.2. The van der Waals surface area contributed by atoms with E-state index in [1.54, 1.807) is 6.26 Å². The molecule has 0 N–H and O–H groups in total. The van der Waals surface area contributed by atoms with Crippen LogP contribution in [0, 0.1) is 0 Å². The maximum absolute atomic E-state index is 14.2. The molecule has 0 heterocycles. The molecule has 0 aliphatic heterocycles. The van der Waals surface area contributed by atoms with Crippen molar-refractivity contribution in [2.75, 3.05) is 12.0 Å². The van der Waals surface area contributed by atoms with Crippen LogP contribution in [0.5, 0.6) is 0 Å². The summed E-state index contributed by atoms with van der Waals surface area (Å²) in [5.74, 6) is -0.0622. The quantitative estimate of drug-likeness (QED) is 0.0625. The molecule has 7 rings (SSSR count). The van der Waals surface area contributed by atoms with Gasteiger partial charge in [-0.25, -0.2) is 0 Å². The zero-order chi connectivity index (χ0) is 60.9. The highest BCUT2D eigenvalue weighted by molar-refractivity contribution is 8.03. The lowest BCUT2D eigenvalue weighted by atomic mass is 9.12. The van der Waals surface area contributed by atoms with Gasteiger partial charge in [0.15, 0.2) is 10.6 Å². The monoisotopic (exact) mass is 1200 g/mol. The van der Waals surface area contributed by atoms with E-state index in [1.165, 1.54) is 0 Å². The molecule has 7 aromatic carbocycles. The Balaban J connectivity index is 0.000000363. The van der Waals surface area contributed by atoms with Crippen molar-refractivity contribution in [1.82, 2.24) is 0 Å². The number of halogens is 24. The van der Waals surface area contributed by atoms with Gasteiger partial charge in [0.1, 0.15) is 22.3 Å². The van der Waals surface area contributed by atoms with E-state index in [9.17, 15) is 114 Å². The number of carbonyl (C=O) groups excluding carboxylic acids is 1. The molecule has 0 saturated heterocycles. The molecular formula is C53H31BF24O2S. The van der Waals surface area contributed by atoms with Crippen molar-refractivity contribution < 1.29 is 114 Å². The van der Waals surface area contributed by atoms with Gasteiger partial charge in [0.05, 0.1) is 44.5 Å². The van der Waals surface area contributed by atoms with E-state index in [0.717, 1.165) is 16.0 Å². The molecule has 0 fully saturated rings. The summed E-state index contributed by atoms with van der Waals surface area (Å²) >= 11 is 0. The van der Waals surface area contributed by atoms with Crippen molar-refractivity contribution in [1.29, 1.82) is 0 Å². The van der Waals surface area contributed by atoms with Gasteiger partial charge in [0.2, 0.25) is 5.78 Å². The number of hydrogen-bond acceptors (Lipinski definition) is 2. The van der Waals surface area contributed by atoms with E-state index in [4.69, 9.17) is 0 Å². The molecule has 0 bridgehead atoms. The van der Waals surface area contributed by atoms with E-state index in [0.29, 0.717) is 5.56 Å². The third kappa shape index (κ3) is 14.6. The summed E-state index contributed by atoms with van der Waals surface area (Å²) < 4.78 is 354. The summed E-state index contributed by atoms with van der Waals surface area (Å²) in [5.41, 5.74) is -27.4. The van der Waals surface area contributed by atoms with Gasteiger partial charge in [0, 0.05) is 5.56 Å². The predicted molar refractivity (Wildman–Crippen MR) is 250 cm³/mol. The van der Waals surface area contributed by atoms with Crippen molar-refractivity contribution in [3.63, 3.8) is 0 Å². The van der Waals surface area contributed by atoms with E-state index in [-0.39, 0.29) is 11.5 Å². The average molecular weight is 1200 g/mol. The molecule has 0 aromatic heterocycles. The summed E-state index contributed by atoms with van der Waals surface area (Å²) in [5, 5.41) is 0. The Morgan fingerprint density at radius 2 is 0.556 bits per heavy atom. The van der Waals surface area contributed by atoms with E-state index >= 15 is 0 Å². The Morgan fingerprint density at radius 1 is 0.333 bits per heavy atom. The van der Waals surface area contributed by atoms with Gasteiger partial charge in [-0.15, -0.1) is 0 Å². The number of alkyl halides is 24. The van der Waals surface area contributed by atoms with Crippen LogP contribution in [0.25, 0.3) is 11.1 Å². The number of ketones is 1. The lowest BCUT2D eigenvalue weighted by Gasteiger charge is -2.46. The van der Waals surface area contributed by atoms with Crippen LogP contribution in [-0.4, -0.2) is 23.9 Å². The lowest BCUT2D eigenvalue weighted by molar-refractivity contribution is -0.144. The Labute approximate surface area is 442 Å². The molecule has 0 amide bonds. The first-order valence-corrected chi connectivity index (χ1v) is 24.5. The first-order valence-electron chi connectivity index (χ1n) is 22.4. The van der Waals surface area contributed by atoms with Gasteiger partial charge in [-0.3, -0.25) is 4.79 Å². The zero-order valence-electron chi connectivity index (χ0n) is 40.1. The highest BCUT2D eigenvalue weighted by Gasteiger charge is 2.47. The number of benzene rings is 7. The van der Waals surface area contributed by atoms with Crippen LogP contribution in [-0.2, 0) is 63.6 Å². The lowest BCUT2D eigenvalue weighted by Crippen LogP contribution is -2.75. The normalized spacial score (nSPS) is 14.0. The summed E-state index contributed by atoms with van der Waals surface area (Å²) in [4.78, 5) is 13.2. The van der Waals surface area contributed by atoms with Crippen LogP contribution in [0.1, 0.15) is 54.9 Å². The van der Waals surface area contributed by atoms with Crippen LogP contribution in [0.15, 0.2) is 163 Å². The fourth-order valence-electron chi connectivity index (χ4n) is 8.67. The first-order chi connectivity index (χ1) is 36.8. The molecule has 1 atom stereocenters. The van der Waals surface area contributed by atoms with Crippen molar-refractivity contribution in [2.45, 2.75) is 54.3 Å². The van der Waals surface area contributed by atoms with Crippen LogP contribution in [0.2, 0.25) is 0 Å². The smallest absolute Gasteiger partial charge is 0.289 e. The average Bonchev–Trinajstić information content (AvgIpc) is 3.46. The second-order valence-electron chi connectivity index (χ2n) is 18.1. The first kappa shape index (κ1) is 62.9. The van der Waals surface area contributed by atoms with E-state index < -0.39 is 205 Å². The van der Waals surface area contributed by atoms with Crippen molar-refractivity contribution in [3.8, 4) is 11.1 Å². The third-order valence-electron chi connectivity index (χ3n) is 12.4. The minimum absolute atomic E-state index is 0.0295. The fourth-order valence-corrected chi connectivity index (χ4v) is 10.2. The molecule has 7 aromatic rings. The standard InChI is InChI=1S/C32H12BF24.C21H19O2S/c34-25(35,36)13-1-14(26(37,38)39)6-21(5-13)33(22-7-15(27(40,41)42)2-16(8-22)28(43,44)45,23-9-17(29(46,47)48)3-18(10-23)30(49,50)51)24-11-19(31(52,53)54)4-20(12-24)32(55,56)57;1-24(23,20-10-6-3-7-11-20)16-21(22)19-14-12-18(13-15-19)17-8-4-2-5-9-17/h1-12H;2-15H,16H2,1H3/q-1;+1. The predicted octanol–water partition coefficient (Wildman–Crippen LogP) is 15.9. The summed E-state index contributed by atoms with van der Waals surface area (Å²) in [6, 6.07) is 17.9. The molecule has 0 aliphatic carbocycles. The summed E-state index contributed by atoms with van der Waals surface area (Å²) in [6.45, 7) is 0. The molecule has 432 valence electrons. The molecule has 1 unspecified atom stereocenters. The number of rotatable bonds is 9. The molecule has 81 heavy (non-hydrogen) atoms. The minimum atomic E-state index is -6.13. The molecule has 0 saturated carbocycles. The van der Waals surface area contributed by atoms with Crippen LogP contribution >= 0.6 is 0 Å². The van der Waals surface area contributed by atoms with Crippen molar-refractivity contribution in [2.24, 2.45) is 0 Å². The second-order valence-corrected chi connectivity index (χ2v) is 20.8. The van der Waals surface area contributed by atoms with E-state index in [2.05, 4.69) is 0 Å². The fraction of sp³-hybridized carbons (Fsp3) is 0.189. The highest BCUT2D eigenvalue weighted by Crippen LogP contribution is 2.42. The van der Waals surface area contributed by atoms with Gasteiger partial charge in [-0.05, 0) is 47.5 Å². The molecular weight excluding hydrogens is 1170 g/mol. The zero-order valence-corrected chi connectivity index (χ0v) is 40.9. The molecule has 0 aliphatic rings. The Bertz CT molecular complexity index is 3010. The maximum Gasteiger partial charge on any atom is 0.416 e. The second kappa shape index (κ2) is 21.9. The van der Waals surface area contributed by atoms with Gasteiger partial charge in [0.25, 0.3) is 0 Å². The van der Waals surface area contributed by atoms with Crippen LogP contribution in [0.4, 0.5) is 105 Å². The minimum Gasteiger partial charge on any atom is -0.289 e. The van der Waals surface area contributed by atoms with Crippen molar-refractivity contribution in [3.05, 3.63) is 208 Å². The van der Waals surface area contributed by atoms with Gasteiger partial charge < -0.3 is 0 Å². The van der Waals surface area contributed by atoms with Gasteiger partial charge in [-0.1, -0.05) is 126 Å². The largest absolute Gasteiger partial charge is 0.416 e. The highest BCUT2D eigenvalue weighted by atomic mass is 32.2. The molecule has 2 nitrogen and oxygen atoms in total. The van der Waals surface area contributed by atoms with Gasteiger partial charge >= 0.3 is 49.4 Å². The Kier molecular flexibility index (Phi) is 17.0. The summed E-state index contributed by atoms with van der Waals surface area (Å²) in [7, 11) is -2.37. The van der Waals surface area contributed by atoms with E-state index in [1.807, 2.05) is 84.9 Å². The number of Topliss-reactive ketones (excluding diaryl/α,β-unsaturated/α-hetero) is 1. The number of carbonyl (C=O) groups is 1. The Morgan fingerprint density at radius 3 is 0.790 bits per heavy atom. The van der Waals surface area contributed by atoms with Gasteiger partial charge in [-0.2, -0.15) is 127 Å².